The Morgan fingerprint density at radius 2 is 1.69 bits per heavy atom. The van der Waals surface area contributed by atoms with Crippen LogP contribution in [0.3, 0.4) is 0 Å². The second-order valence-corrected chi connectivity index (χ2v) is 5.56. The smallest absolute Gasteiger partial charge is 0.135 e. The summed E-state index contributed by atoms with van der Waals surface area (Å²) in [6.45, 7) is 3.24. The number of halogens is 4. The largest absolute Gasteiger partial charge is 0.509 e. The van der Waals surface area contributed by atoms with Crippen molar-refractivity contribution in [3.05, 3.63) is 21.9 Å². The summed E-state index contributed by atoms with van der Waals surface area (Å²) in [5.41, 5.74) is 0. The molecule has 5 heteroatoms. The van der Waals surface area contributed by atoms with Crippen molar-refractivity contribution >= 4 is 46.4 Å². The maximum Gasteiger partial charge on any atom is 0.135 e. The minimum absolute atomic E-state index is 0.0530. The first-order valence-electron chi connectivity index (χ1n) is 3.56. The fourth-order valence-electron chi connectivity index (χ4n) is 0.988. The fraction of sp³-hybridized carbons (Fsp3) is 0.500. The van der Waals surface area contributed by atoms with Gasteiger partial charge in [0.25, 0.3) is 0 Å². The molecule has 0 aromatic heterocycles. The van der Waals surface area contributed by atoms with Crippen LogP contribution in [0, 0.1) is 0 Å². The standard InChI is InChI=1S/C8H8Cl4O/c1-7(11)3-4(9)5(10)6(13)8(7,2)12/h3,13H,1-2H3. The van der Waals surface area contributed by atoms with E-state index in [-0.39, 0.29) is 15.8 Å². The third-order valence-electron chi connectivity index (χ3n) is 2.18. The highest BCUT2D eigenvalue weighted by molar-refractivity contribution is 6.47. The lowest BCUT2D eigenvalue weighted by Crippen LogP contribution is -2.43. The summed E-state index contributed by atoms with van der Waals surface area (Å²) in [4.78, 5) is -2.09. The number of rotatable bonds is 0. The minimum Gasteiger partial charge on any atom is -0.509 e. The maximum atomic E-state index is 9.62. The van der Waals surface area contributed by atoms with Gasteiger partial charge in [-0.15, -0.1) is 23.2 Å². The lowest BCUT2D eigenvalue weighted by Gasteiger charge is -2.37. The van der Waals surface area contributed by atoms with E-state index in [1.165, 1.54) is 6.08 Å². The monoisotopic (exact) mass is 260 g/mol. The summed E-state index contributed by atoms with van der Waals surface area (Å²) >= 11 is 23.6. The molecule has 0 radical (unpaired) electrons. The molecule has 0 aromatic rings. The van der Waals surface area contributed by atoms with Crippen LogP contribution in [0.25, 0.3) is 0 Å². The first kappa shape index (κ1) is 11.5. The zero-order chi connectivity index (χ0) is 10.4. The van der Waals surface area contributed by atoms with Gasteiger partial charge >= 0.3 is 0 Å². The summed E-state index contributed by atoms with van der Waals surface area (Å²) in [6.07, 6.45) is 1.52. The van der Waals surface area contributed by atoms with Gasteiger partial charge in [-0.3, -0.25) is 0 Å². The molecule has 0 aliphatic heterocycles. The molecule has 2 unspecified atom stereocenters. The minimum atomic E-state index is -1.13. The highest BCUT2D eigenvalue weighted by atomic mass is 35.5. The predicted octanol–water partition coefficient (Wildman–Crippen LogP) is 4.13. The Labute approximate surface area is 96.9 Å². The molecule has 1 aliphatic carbocycles. The molecular weight excluding hydrogens is 254 g/mol. The Bertz CT molecular complexity index is 301. The molecule has 0 saturated heterocycles. The Morgan fingerprint density at radius 1 is 1.23 bits per heavy atom. The predicted molar refractivity (Wildman–Crippen MR) is 58.0 cm³/mol. The first-order valence-corrected chi connectivity index (χ1v) is 5.07. The fourth-order valence-corrected chi connectivity index (χ4v) is 1.99. The summed E-state index contributed by atoms with van der Waals surface area (Å²) < 4.78 is 0. The Kier molecular flexibility index (Phi) is 2.86. The second-order valence-electron chi connectivity index (χ2n) is 3.23. The first-order chi connectivity index (χ1) is 5.70. The molecule has 13 heavy (non-hydrogen) atoms. The molecule has 0 bridgehead atoms. The van der Waals surface area contributed by atoms with Gasteiger partial charge in [0.2, 0.25) is 0 Å². The average molecular weight is 262 g/mol. The maximum absolute atomic E-state index is 9.62. The van der Waals surface area contributed by atoms with Crippen molar-refractivity contribution in [1.29, 1.82) is 0 Å². The van der Waals surface area contributed by atoms with Crippen molar-refractivity contribution in [1.82, 2.24) is 0 Å². The number of hydrogen-bond donors (Lipinski definition) is 1. The van der Waals surface area contributed by atoms with Crippen molar-refractivity contribution in [3.63, 3.8) is 0 Å². The Morgan fingerprint density at radius 3 is 2.15 bits per heavy atom. The molecule has 0 aromatic carbocycles. The normalized spacial score (nSPS) is 40.6. The molecule has 1 N–H and O–H groups in total. The van der Waals surface area contributed by atoms with Crippen molar-refractivity contribution in [2.24, 2.45) is 0 Å². The highest BCUT2D eigenvalue weighted by Gasteiger charge is 2.48. The van der Waals surface area contributed by atoms with E-state index in [9.17, 15) is 5.11 Å². The number of hydrogen-bond acceptors (Lipinski definition) is 1. The zero-order valence-corrected chi connectivity index (χ0v) is 10.1. The SMILES string of the molecule is CC1(Cl)C=C(Cl)C(Cl)=C(O)C1(C)Cl. The van der Waals surface area contributed by atoms with E-state index in [0.717, 1.165) is 0 Å². The Balaban J connectivity index is 3.32. The molecule has 74 valence electrons. The van der Waals surface area contributed by atoms with Crippen LogP contribution in [-0.2, 0) is 0 Å². The molecule has 0 amide bonds. The number of allylic oxidation sites excluding steroid dienone is 4. The third-order valence-corrected chi connectivity index (χ3v) is 4.11. The van der Waals surface area contributed by atoms with Crippen molar-refractivity contribution in [2.75, 3.05) is 0 Å². The van der Waals surface area contributed by atoms with Crippen molar-refractivity contribution < 1.29 is 5.11 Å². The zero-order valence-electron chi connectivity index (χ0n) is 7.04. The van der Waals surface area contributed by atoms with Crippen LogP contribution < -0.4 is 0 Å². The summed E-state index contributed by atoms with van der Waals surface area (Å²) in [5.74, 6) is -0.194. The van der Waals surface area contributed by atoms with Gasteiger partial charge in [-0.25, -0.2) is 0 Å². The van der Waals surface area contributed by atoms with Gasteiger partial charge in [0.1, 0.15) is 10.6 Å². The van der Waals surface area contributed by atoms with Crippen LogP contribution in [0.2, 0.25) is 0 Å². The average Bonchev–Trinajstić information content (AvgIpc) is 1.98. The van der Waals surface area contributed by atoms with Gasteiger partial charge in [0.15, 0.2) is 0 Å². The number of alkyl halides is 2. The third kappa shape index (κ3) is 1.68. The van der Waals surface area contributed by atoms with Crippen LogP contribution in [0.5, 0.6) is 0 Å². The molecule has 0 heterocycles. The molecule has 1 rings (SSSR count). The summed E-state index contributed by atoms with van der Waals surface area (Å²) in [5, 5.41) is 9.89. The van der Waals surface area contributed by atoms with E-state index >= 15 is 0 Å². The van der Waals surface area contributed by atoms with E-state index in [0.29, 0.717) is 0 Å². The molecule has 0 fully saturated rings. The van der Waals surface area contributed by atoms with Gasteiger partial charge in [0.05, 0.1) is 14.9 Å². The lowest BCUT2D eigenvalue weighted by atomic mass is 9.88. The summed E-state index contributed by atoms with van der Waals surface area (Å²) in [7, 11) is 0. The number of aliphatic hydroxyl groups excluding tert-OH is 1. The molecule has 1 nitrogen and oxygen atoms in total. The van der Waals surface area contributed by atoms with Crippen LogP contribution in [-0.4, -0.2) is 14.9 Å². The molecule has 2 atom stereocenters. The Hall–Kier alpha value is 0.440. The van der Waals surface area contributed by atoms with Gasteiger partial charge in [-0.2, -0.15) is 0 Å². The van der Waals surface area contributed by atoms with Crippen LogP contribution >= 0.6 is 46.4 Å². The van der Waals surface area contributed by atoms with Crippen LogP contribution in [0.15, 0.2) is 21.9 Å². The highest BCUT2D eigenvalue weighted by Crippen LogP contribution is 2.48. The van der Waals surface area contributed by atoms with Crippen LogP contribution in [0.1, 0.15) is 13.8 Å². The van der Waals surface area contributed by atoms with E-state index in [1.54, 1.807) is 13.8 Å². The van der Waals surface area contributed by atoms with E-state index in [4.69, 9.17) is 46.4 Å². The van der Waals surface area contributed by atoms with Gasteiger partial charge < -0.3 is 5.11 Å². The summed E-state index contributed by atoms with van der Waals surface area (Å²) in [6, 6.07) is 0. The lowest BCUT2D eigenvalue weighted by molar-refractivity contribution is 0.330. The van der Waals surface area contributed by atoms with Gasteiger partial charge in [0, 0.05) is 0 Å². The second kappa shape index (κ2) is 3.23. The van der Waals surface area contributed by atoms with Crippen molar-refractivity contribution in [2.45, 2.75) is 23.6 Å². The quantitative estimate of drug-likeness (QED) is 0.651. The van der Waals surface area contributed by atoms with Crippen molar-refractivity contribution in [3.8, 4) is 0 Å². The van der Waals surface area contributed by atoms with E-state index in [2.05, 4.69) is 0 Å². The molecule has 1 aliphatic rings. The van der Waals surface area contributed by atoms with E-state index in [1.807, 2.05) is 0 Å². The number of aliphatic hydroxyl groups is 1. The van der Waals surface area contributed by atoms with E-state index < -0.39 is 9.75 Å². The van der Waals surface area contributed by atoms with Gasteiger partial charge in [-0.1, -0.05) is 23.2 Å². The van der Waals surface area contributed by atoms with Crippen LogP contribution in [0.4, 0.5) is 0 Å². The molecule has 0 spiro atoms. The molecular formula is C8H8Cl4O. The van der Waals surface area contributed by atoms with Gasteiger partial charge in [-0.05, 0) is 19.9 Å². The topological polar surface area (TPSA) is 20.2 Å². The molecule has 0 saturated carbocycles.